The van der Waals surface area contributed by atoms with E-state index in [1.54, 1.807) is 12.1 Å². The van der Waals surface area contributed by atoms with Gasteiger partial charge in [-0.2, -0.15) is 0 Å². The van der Waals surface area contributed by atoms with E-state index in [1.807, 2.05) is 12.1 Å². The quantitative estimate of drug-likeness (QED) is 0.596. The SMILES string of the molecule is COC(=O)C(=O)NCC1COc2ccccc2O1. The molecule has 0 saturated heterocycles. The van der Waals surface area contributed by atoms with Crippen molar-refractivity contribution in [3.8, 4) is 11.5 Å². The molecule has 1 aromatic carbocycles. The minimum atomic E-state index is -0.924. The maximum Gasteiger partial charge on any atom is 0.396 e. The first-order valence-corrected chi connectivity index (χ1v) is 5.45. The summed E-state index contributed by atoms with van der Waals surface area (Å²) in [6.45, 7) is 0.501. The fourth-order valence-corrected chi connectivity index (χ4v) is 1.54. The number of hydrogen-bond donors (Lipinski definition) is 1. The van der Waals surface area contributed by atoms with E-state index in [9.17, 15) is 9.59 Å². The molecule has 6 nitrogen and oxygen atoms in total. The predicted octanol–water partition coefficient (Wildman–Crippen LogP) is 0.116. The van der Waals surface area contributed by atoms with Gasteiger partial charge in [-0.25, -0.2) is 4.79 Å². The van der Waals surface area contributed by atoms with Crippen LogP contribution in [0.2, 0.25) is 0 Å². The first-order valence-electron chi connectivity index (χ1n) is 5.45. The molecule has 1 amide bonds. The van der Waals surface area contributed by atoms with Gasteiger partial charge < -0.3 is 19.5 Å². The monoisotopic (exact) mass is 251 g/mol. The summed E-state index contributed by atoms with van der Waals surface area (Å²) in [5, 5.41) is 2.42. The first-order chi connectivity index (χ1) is 8.70. The highest BCUT2D eigenvalue weighted by molar-refractivity contribution is 6.32. The van der Waals surface area contributed by atoms with Crippen LogP contribution in [-0.4, -0.2) is 38.2 Å². The number of benzene rings is 1. The average Bonchev–Trinajstić information content (AvgIpc) is 2.43. The van der Waals surface area contributed by atoms with Crippen LogP contribution in [0.4, 0.5) is 0 Å². The van der Waals surface area contributed by atoms with Crippen molar-refractivity contribution in [2.45, 2.75) is 6.10 Å². The Labute approximate surface area is 104 Å². The Morgan fingerprint density at radius 2 is 2.11 bits per heavy atom. The van der Waals surface area contributed by atoms with Gasteiger partial charge in [-0.1, -0.05) is 12.1 Å². The molecule has 0 bridgehead atoms. The van der Waals surface area contributed by atoms with Crippen LogP contribution < -0.4 is 14.8 Å². The van der Waals surface area contributed by atoms with Gasteiger partial charge in [-0.15, -0.1) is 0 Å². The van der Waals surface area contributed by atoms with Crippen LogP contribution in [-0.2, 0) is 14.3 Å². The summed E-state index contributed by atoms with van der Waals surface area (Å²) >= 11 is 0. The van der Waals surface area contributed by atoms with Crippen molar-refractivity contribution in [3.63, 3.8) is 0 Å². The second-order valence-corrected chi connectivity index (χ2v) is 3.70. The van der Waals surface area contributed by atoms with Gasteiger partial charge in [0.15, 0.2) is 11.5 Å². The van der Waals surface area contributed by atoms with E-state index in [0.717, 1.165) is 7.11 Å². The summed E-state index contributed by atoms with van der Waals surface area (Å²) in [7, 11) is 1.15. The van der Waals surface area contributed by atoms with Crippen LogP contribution in [0, 0.1) is 0 Å². The molecule has 6 heteroatoms. The van der Waals surface area contributed by atoms with Gasteiger partial charge >= 0.3 is 11.9 Å². The number of hydrogen-bond acceptors (Lipinski definition) is 5. The van der Waals surface area contributed by atoms with Gasteiger partial charge in [-0.05, 0) is 12.1 Å². The predicted molar refractivity (Wildman–Crippen MR) is 61.4 cm³/mol. The van der Waals surface area contributed by atoms with E-state index in [-0.39, 0.29) is 12.6 Å². The third-order valence-electron chi connectivity index (χ3n) is 2.43. The lowest BCUT2D eigenvalue weighted by atomic mass is 10.2. The van der Waals surface area contributed by atoms with Crippen molar-refractivity contribution in [2.75, 3.05) is 20.3 Å². The van der Waals surface area contributed by atoms with Crippen molar-refractivity contribution in [1.29, 1.82) is 0 Å². The molecule has 1 N–H and O–H groups in total. The fourth-order valence-electron chi connectivity index (χ4n) is 1.54. The molecule has 18 heavy (non-hydrogen) atoms. The van der Waals surface area contributed by atoms with Gasteiger partial charge in [0.05, 0.1) is 13.7 Å². The highest BCUT2D eigenvalue weighted by atomic mass is 16.6. The molecular formula is C12H13NO5. The van der Waals surface area contributed by atoms with Gasteiger partial charge in [0.2, 0.25) is 0 Å². The molecule has 0 fully saturated rings. The van der Waals surface area contributed by atoms with Gasteiger partial charge in [0, 0.05) is 0 Å². The Bertz CT molecular complexity index is 460. The summed E-state index contributed by atoms with van der Waals surface area (Å²) in [5.41, 5.74) is 0. The fraction of sp³-hybridized carbons (Fsp3) is 0.333. The lowest BCUT2D eigenvalue weighted by Crippen LogP contribution is -2.43. The van der Waals surface area contributed by atoms with Crippen LogP contribution in [0.1, 0.15) is 0 Å². The molecule has 1 heterocycles. The zero-order chi connectivity index (χ0) is 13.0. The number of para-hydroxylation sites is 2. The van der Waals surface area contributed by atoms with Crippen LogP contribution in [0.5, 0.6) is 11.5 Å². The van der Waals surface area contributed by atoms with Crippen molar-refractivity contribution in [2.24, 2.45) is 0 Å². The van der Waals surface area contributed by atoms with Gasteiger partial charge in [0.25, 0.3) is 0 Å². The van der Waals surface area contributed by atoms with E-state index in [2.05, 4.69) is 10.1 Å². The molecule has 0 aromatic heterocycles. The Balaban J connectivity index is 1.87. The second kappa shape index (κ2) is 5.39. The number of carbonyl (C=O) groups is 2. The normalized spacial score (nSPS) is 16.8. The van der Waals surface area contributed by atoms with Gasteiger partial charge in [0.1, 0.15) is 12.7 Å². The summed E-state index contributed by atoms with van der Waals surface area (Å²) < 4.78 is 15.4. The highest BCUT2D eigenvalue weighted by Crippen LogP contribution is 2.30. The third-order valence-corrected chi connectivity index (χ3v) is 2.43. The first kappa shape index (κ1) is 12.2. The number of methoxy groups -OCH3 is 1. The summed E-state index contributed by atoms with van der Waals surface area (Å²) in [5.74, 6) is -0.416. The maximum absolute atomic E-state index is 11.2. The molecule has 0 aliphatic carbocycles. The number of rotatable bonds is 2. The summed E-state index contributed by atoms with van der Waals surface area (Å²) in [6.07, 6.45) is -0.325. The molecule has 1 aliphatic rings. The Morgan fingerprint density at radius 1 is 1.39 bits per heavy atom. The summed E-state index contributed by atoms with van der Waals surface area (Å²) in [4.78, 5) is 22.1. The van der Waals surface area contributed by atoms with Crippen molar-refractivity contribution >= 4 is 11.9 Å². The van der Waals surface area contributed by atoms with Crippen molar-refractivity contribution in [3.05, 3.63) is 24.3 Å². The van der Waals surface area contributed by atoms with Crippen molar-refractivity contribution in [1.82, 2.24) is 5.32 Å². The lowest BCUT2D eigenvalue weighted by molar-refractivity contribution is -0.152. The van der Waals surface area contributed by atoms with Crippen LogP contribution in [0.25, 0.3) is 0 Å². The Morgan fingerprint density at radius 3 is 2.83 bits per heavy atom. The topological polar surface area (TPSA) is 73.9 Å². The minimum absolute atomic E-state index is 0.183. The molecule has 0 spiro atoms. The number of carbonyl (C=O) groups excluding carboxylic acids is 2. The van der Waals surface area contributed by atoms with E-state index < -0.39 is 11.9 Å². The largest absolute Gasteiger partial charge is 0.486 e. The number of nitrogens with one attached hydrogen (secondary N) is 1. The van der Waals surface area contributed by atoms with Crippen LogP contribution in [0.3, 0.4) is 0 Å². The smallest absolute Gasteiger partial charge is 0.396 e. The molecule has 1 aliphatic heterocycles. The lowest BCUT2D eigenvalue weighted by Gasteiger charge is -2.26. The van der Waals surface area contributed by atoms with E-state index in [1.165, 1.54) is 0 Å². The zero-order valence-electron chi connectivity index (χ0n) is 9.84. The molecule has 0 saturated carbocycles. The van der Waals surface area contributed by atoms with Crippen LogP contribution in [0.15, 0.2) is 24.3 Å². The molecule has 1 unspecified atom stereocenters. The zero-order valence-corrected chi connectivity index (χ0v) is 9.84. The average molecular weight is 251 g/mol. The molecule has 96 valence electrons. The van der Waals surface area contributed by atoms with Gasteiger partial charge in [-0.3, -0.25) is 4.79 Å². The number of ether oxygens (including phenoxy) is 3. The third kappa shape index (κ3) is 2.71. The van der Waals surface area contributed by atoms with Crippen LogP contribution >= 0.6 is 0 Å². The standard InChI is InChI=1S/C12H13NO5/c1-16-12(15)11(14)13-6-8-7-17-9-4-2-3-5-10(9)18-8/h2-5,8H,6-7H2,1H3,(H,13,14). The Kier molecular flexibility index (Phi) is 3.66. The Hall–Kier alpha value is -2.24. The number of amides is 1. The van der Waals surface area contributed by atoms with E-state index in [0.29, 0.717) is 18.1 Å². The molecule has 2 rings (SSSR count). The van der Waals surface area contributed by atoms with E-state index in [4.69, 9.17) is 9.47 Å². The maximum atomic E-state index is 11.2. The number of esters is 1. The molecule has 1 atom stereocenters. The second-order valence-electron chi connectivity index (χ2n) is 3.70. The summed E-state index contributed by atoms with van der Waals surface area (Å²) in [6, 6.07) is 7.27. The molecular weight excluding hydrogens is 238 g/mol. The molecule has 0 radical (unpaired) electrons. The number of fused-ring (bicyclic) bond motifs is 1. The van der Waals surface area contributed by atoms with Crippen molar-refractivity contribution < 1.29 is 23.8 Å². The molecule has 1 aromatic rings. The highest BCUT2D eigenvalue weighted by Gasteiger charge is 2.22. The minimum Gasteiger partial charge on any atom is -0.486 e. The van der Waals surface area contributed by atoms with E-state index >= 15 is 0 Å².